The fourth-order valence-corrected chi connectivity index (χ4v) is 3.12. The molecule has 0 radical (unpaired) electrons. The van der Waals surface area contributed by atoms with E-state index in [1.807, 2.05) is 40.0 Å². The smallest absolute Gasteiger partial charge is 0.121 e. The van der Waals surface area contributed by atoms with E-state index in [-0.39, 0.29) is 12.2 Å². The number of rotatable bonds is 6. The molecule has 29 heavy (non-hydrogen) atoms. The zero-order valence-corrected chi connectivity index (χ0v) is 20.2. The highest BCUT2D eigenvalue weighted by Gasteiger charge is 2.06. The molecule has 0 aliphatic carbocycles. The first-order chi connectivity index (χ1) is 13.5. The minimum atomic E-state index is 0.104. The van der Waals surface area contributed by atoms with Crippen molar-refractivity contribution in [3.8, 4) is 11.5 Å². The first-order valence-corrected chi connectivity index (χ1v) is 11.3. The maximum atomic E-state index is 7.70. The van der Waals surface area contributed by atoms with Gasteiger partial charge in [-0.05, 0) is 70.3 Å². The molecule has 8 heteroatoms. The maximum absolute atomic E-state index is 7.70. The van der Waals surface area contributed by atoms with Crippen LogP contribution in [0.15, 0.2) is 36.4 Å². The molecule has 0 heterocycles. The first kappa shape index (κ1) is 25.6. The van der Waals surface area contributed by atoms with Crippen LogP contribution in [0.2, 0.25) is 10.0 Å². The van der Waals surface area contributed by atoms with Gasteiger partial charge in [-0.25, -0.2) is 0 Å². The van der Waals surface area contributed by atoms with E-state index in [0.717, 1.165) is 11.1 Å². The number of nitrogens with two attached hydrogens (primary N) is 1. The molecule has 2 rings (SSSR count). The predicted octanol–water partition coefficient (Wildman–Crippen LogP) is 6.58. The molecule has 2 aromatic rings. The Morgan fingerprint density at radius 1 is 0.897 bits per heavy atom. The van der Waals surface area contributed by atoms with E-state index in [1.165, 1.54) is 11.8 Å². The van der Waals surface area contributed by atoms with Crippen molar-refractivity contribution in [2.24, 2.45) is 5.73 Å². The van der Waals surface area contributed by atoms with Crippen LogP contribution in [0.25, 0.3) is 0 Å². The minimum absolute atomic E-state index is 0.104. The van der Waals surface area contributed by atoms with Gasteiger partial charge in [-0.2, -0.15) is 0 Å². The summed E-state index contributed by atoms with van der Waals surface area (Å²) in [5.41, 5.74) is 7.02. The Morgan fingerprint density at radius 3 is 1.69 bits per heavy atom. The maximum Gasteiger partial charge on any atom is 0.121 e. The van der Waals surface area contributed by atoms with Crippen molar-refractivity contribution in [2.75, 3.05) is 6.26 Å². The van der Waals surface area contributed by atoms with Gasteiger partial charge in [-0.3, -0.25) is 5.41 Å². The van der Waals surface area contributed by atoms with Gasteiger partial charge >= 0.3 is 0 Å². The van der Waals surface area contributed by atoms with Crippen LogP contribution in [0.4, 0.5) is 0 Å². The molecule has 0 aliphatic heterocycles. The van der Waals surface area contributed by atoms with Crippen molar-refractivity contribution in [1.82, 2.24) is 0 Å². The van der Waals surface area contributed by atoms with Crippen LogP contribution in [0, 0.1) is 5.41 Å². The number of hydrogen-bond donors (Lipinski definition) is 2. The number of thioether (sulfide) groups is 1. The highest BCUT2D eigenvalue weighted by molar-refractivity contribution is 8.13. The molecule has 0 fully saturated rings. The minimum Gasteiger partial charge on any atom is -0.491 e. The van der Waals surface area contributed by atoms with Gasteiger partial charge in [0.1, 0.15) is 16.5 Å². The molecule has 2 aromatic carbocycles. The summed E-state index contributed by atoms with van der Waals surface area (Å²) in [6.45, 7) is 7.81. The van der Waals surface area contributed by atoms with Gasteiger partial charge in [0.2, 0.25) is 0 Å². The van der Waals surface area contributed by atoms with Crippen molar-refractivity contribution in [3.63, 3.8) is 0 Å². The lowest BCUT2D eigenvalue weighted by atomic mass is 10.2. The summed E-state index contributed by atoms with van der Waals surface area (Å²) in [6, 6.07) is 10.6. The molecule has 0 spiro atoms. The molecule has 0 unspecified atom stereocenters. The Balaban J connectivity index is 0.000000291. The van der Waals surface area contributed by atoms with Crippen LogP contribution in [0.5, 0.6) is 11.5 Å². The van der Waals surface area contributed by atoms with E-state index in [1.54, 1.807) is 30.3 Å². The Morgan fingerprint density at radius 2 is 1.31 bits per heavy atom. The molecule has 0 aromatic heterocycles. The number of halogens is 2. The fraction of sp³-hybridized carbons (Fsp3) is 0.333. The molecular formula is C21H26Cl2N2O2S2. The van der Waals surface area contributed by atoms with E-state index in [2.05, 4.69) is 0 Å². The zero-order chi connectivity index (χ0) is 22.1. The third kappa shape index (κ3) is 9.72. The normalized spacial score (nSPS) is 10.4. The number of nitrogens with one attached hydrogen (secondary N) is 1. The molecular weight excluding hydrogens is 447 g/mol. The summed E-state index contributed by atoms with van der Waals surface area (Å²) in [4.78, 5) is 0.320. The summed E-state index contributed by atoms with van der Waals surface area (Å²) in [5, 5.41) is 9.37. The van der Waals surface area contributed by atoms with Gasteiger partial charge in [0.05, 0.1) is 17.3 Å². The second kappa shape index (κ2) is 12.3. The SMILES string of the molecule is CC(C)Oc1cc(Cl)cc(C(N)=S)c1.CSC(=N)c1cc(Cl)cc(OC(C)C)c1. The topological polar surface area (TPSA) is 68.3 Å². The molecule has 0 saturated carbocycles. The van der Waals surface area contributed by atoms with Crippen LogP contribution in [0.1, 0.15) is 38.8 Å². The van der Waals surface area contributed by atoms with Crippen LogP contribution in [-0.2, 0) is 0 Å². The Bertz CT molecular complexity index is 859. The average molecular weight is 473 g/mol. The Labute approximate surface area is 192 Å². The number of hydrogen-bond acceptors (Lipinski definition) is 5. The van der Waals surface area contributed by atoms with Gasteiger partial charge in [0.25, 0.3) is 0 Å². The number of benzene rings is 2. The third-order valence-corrected chi connectivity index (χ3v) is 4.55. The molecule has 0 aliphatic rings. The zero-order valence-electron chi connectivity index (χ0n) is 17.1. The van der Waals surface area contributed by atoms with Gasteiger partial charge in [-0.15, -0.1) is 11.8 Å². The van der Waals surface area contributed by atoms with Gasteiger partial charge in [-0.1, -0.05) is 35.4 Å². The monoisotopic (exact) mass is 472 g/mol. The van der Waals surface area contributed by atoms with Gasteiger partial charge in [0, 0.05) is 21.2 Å². The predicted molar refractivity (Wildman–Crippen MR) is 131 cm³/mol. The van der Waals surface area contributed by atoms with Gasteiger partial charge < -0.3 is 15.2 Å². The van der Waals surface area contributed by atoms with Crippen LogP contribution in [-0.4, -0.2) is 28.5 Å². The summed E-state index contributed by atoms with van der Waals surface area (Å²) >= 11 is 18.1. The summed E-state index contributed by atoms with van der Waals surface area (Å²) in [6.07, 6.45) is 2.08. The Kier molecular flexibility index (Phi) is 10.8. The largest absolute Gasteiger partial charge is 0.491 e. The number of ether oxygens (including phenoxy) is 2. The molecule has 0 saturated heterocycles. The lowest BCUT2D eigenvalue weighted by Crippen LogP contribution is -2.11. The highest BCUT2D eigenvalue weighted by atomic mass is 35.5. The lowest BCUT2D eigenvalue weighted by molar-refractivity contribution is 0.242. The second-order valence-corrected chi connectivity index (χ2v) is 8.71. The summed E-state index contributed by atoms with van der Waals surface area (Å²) in [7, 11) is 0. The van der Waals surface area contributed by atoms with Gasteiger partial charge in [0.15, 0.2) is 0 Å². The average Bonchev–Trinajstić information content (AvgIpc) is 2.59. The molecule has 0 amide bonds. The van der Waals surface area contributed by atoms with E-state index < -0.39 is 0 Å². The van der Waals surface area contributed by atoms with Crippen molar-refractivity contribution in [1.29, 1.82) is 5.41 Å². The fourth-order valence-electron chi connectivity index (χ4n) is 2.20. The Hall–Kier alpha value is -1.47. The van der Waals surface area contributed by atoms with E-state index in [9.17, 15) is 0 Å². The van der Waals surface area contributed by atoms with Crippen molar-refractivity contribution in [3.05, 3.63) is 57.6 Å². The van der Waals surface area contributed by atoms with Crippen LogP contribution < -0.4 is 15.2 Å². The second-order valence-electron chi connectivity index (χ2n) is 6.58. The van der Waals surface area contributed by atoms with Crippen molar-refractivity contribution < 1.29 is 9.47 Å². The lowest BCUT2D eigenvalue weighted by Gasteiger charge is -2.11. The highest BCUT2D eigenvalue weighted by Crippen LogP contribution is 2.24. The standard InChI is InChI=1S/C11H14ClNOS.C10H12ClNOS/c1-7(2)14-10-5-8(11(13)15-3)4-9(12)6-10;1-6(2)13-9-4-7(10(12)14)3-8(11)5-9/h4-7,13H,1-3H3;3-6H,1-2H3,(H2,12,14). The van der Waals surface area contributed by atoms with E-state index >= 15 is 0 Å². The summed E-state index contributed by atoms with van der Waals surface area (Å²) in [5.74, 6) is 1.40. The molecule has 0 bridgehead atoms. The molecule has 0 atom stereocenters. The molecule has 4 nitrogen and oxygen atoms in total. The van der Waals surface area contributed by atoms with Crippen LogP contribution >= 0.6 is 47.2 Å². The molecule has 158 valence electrons. The van der Waals surface area contributed by atoms with E-state index in [0.29, 0.717) is 31.6 Å². The first-order valence-electron chi connectivity index (χ1n) is 8.89. The van der Waals surface area contributed by atoms with Crippen LogP contribution in [0.3, 0.4) is 0 Å². The number of thiocarbonyl (C=S) groups is 1. The summed E-state index contributed by atoms with van der Waals surface area (Å²) < 4.78 is 11.0. The quantitative estimate of drug-likeness (QED) is 0.282. The molecule has 3 N–H and O–H groups in total. The van der Waals surface area contributed by atoms with E-state index in [4.69, 9.17) is 56.0 Å². The van der Waals surface area contributed by atoms with Crippen molar-refractivity contribution in [2.45, 2.75) is 39.9 Å². The third-order valence-electron chi connectivity index (χ3n) is 3.24. The van der Waals surface area contributed by atoms with Crippen molar-refractivity contribution >= 4 is 57.2 Å².